The zero-order chi connectivity index (χ0) is 18.8. The molecule has 1 aliphatic rings. The summed E-state index contributed by atoms with van der Waals surface area (Å²) < 4.78 is 21.0. The Morgan fingerprint density at radius 2 is 2.15 bits per heavy atom. The second-order valence-corrected chi connectivity index (χ2v) is 6.41. The molecule has 138 valence electrons. The predicted octanol–water partition coefficient (Wildman–Crippen LogP) is 3.12. The van der Waals surface area contributed by atoms with Gasteiger partial charge in [-0.2, -0.15) is 5.10 Å². The zero-order valence-electron chi connectivity index (χ0n) is 15.5. The van der Waals surface area contributed by atoms with E-state index in [1.807, 2.05) is 18.9 Å². The third kappa shape index (κ3) is 3.21. The molecular weight excluding hydrogens is 335 g/mol. The van der Waals surface area contributed by atoms with E-state index in [4.69, 9.17) is 4.74 Å². The van der Waals surface area contributed by atoms with Crippen LogP contribution in [0.5, 0.6) is 0 Å². The summed E-state index contributed by atoms with van der Waals surface area (Å²) >= 11 is 0. The van der Waals surface area contributed by atoms with Crippen LogP contribution in [0, 0.1) is 12.7 Å². The Bertz CT molecular complexity index is 872. The minimum atomic E-state index is -0.423. The summed E-state index contributed by atoms with van der Waals surface area (Å²) in [6.45, 7) is 7.23. The fourth-order valence-corrected chi connectivity index (χ4v) is 3.37. The third-order valence-electron chi connectivity index (χ3n) is 4.70. The van der Waals surface area contributed by atoms with Crippen LogP contribution in [-0.4, -0.2) is 40.4 Å². The lowest BCUT2D eigenvalue weighted by Crippen LogP contribution is -2.32. The Morgan fingerprint density at radius 1 is 1.38 bits per heavy atom. The number of rotatable bonds is 4. The van der Waals surface area contributed by atoms with Crippen LogP contribution in [-0.2, 0) is 11.8 Å². The van der Waals surface area contributed by atoms with Gasteiger partial charge in [0, 0.05) is 31.9 Å². The molecule has 0 N–H and O–H groups in total. The number of hydrogen-bond acceptors (Lipinski definition) is 5. The number of carbonyl (C=O) groups is 1. The molecule has 3 heterocycles. The first kappa shape index (κ1) is 18.1. The highest BCUT2D eigenvalue weighted by Crippen LogP contribution is 2.32. The van der Waals surface area contributed by atoms with Gasteiger partial charge in [0.15, 0.2) is 17.3 Å². The van der Waals surface area contributed by atoms with Gasteiger partial charge in [0.25, 0.3) is 0 Å². The van der Waals surface area contributed by atoms with Crippen molar-refractivity contribution in [3.63, 3.8) is 0 Å². The highest BCUT2D eigenvalue weighted by molar-refractivity contribution is 5.91. The predicted molar refractivity (Wildman–Crippen MR) is 97.5 cm³/mol. The number of aryl methyl sites for hydroxylation is 1. The number of halogens is 1. The van der Waals surface area contributed by atoms with Crippen molar-refractivity contribution in [3.05, 3.63) is 46.7 Å². The van der Waals surface area contributed by atoms with Gasteiger partial charge >= 0.3 is 5.97 Å². The van der Waals surface area contributed by atoms with Gasteiger partial charge in [-0.25, -0.2) is 14.2 Å². The van der Waals surface area contributed by atoms with Crippen molar-refractivity contribution in [2.45, 2.75) is 27.2 Å². The molecule has 6 nitrogen and oxygen atoms in total. The number of hydrogen-bond donors (Lipinski definition) is 0. The van der Waals surface area contributed by atoms with E-state index in [-0.39, 0.29) is 5.82 Å². The molecule has 3 rings (SSSR count). The van der Waals surface area contributed by atoms with Crippen LogP contribution in [0.25, 0.3) is 5.57 Å². The summed E-state index contributed by atoms with van der Waals surface area (Å²) in [6.07, 6.45) is 2.39. The molecule has 7 heteroatoms. The number of aromatic nitrogens is 3. The Balaban J connectivity index is 1.98. The third-order valence-corrected chi connectivity index (χ3v) is 4.70. The fraction of sp³-hybridized carbons (Fsp3) is 0.421. The highest BCUT2D eigenvalue weighted by atomic mass is 19.1. The van der Waals surface area contributed by atoms with Crippen LogP contribution in [0.1, 0.15) is 42.0 Å². The quantitative estimate of drug-likeness (QED) is 0.786. The minimum Gasteiger partial charge on any atom is -0.461 e. The standard InChI is InChI=1S/C19H23FN4O2/c1-5-26-19(25)16-13(3)17(23(4)22-16)14-11-24(10-8-12(14)2)18-15(20)7-6-9-21-18/h6-7,9H,5,8,10-11H2,1-4H3. The van der Waals surface area contributed by atoms with Crippen LogP contribution in [0.3, 0.4) is 0 Å². The molecule has 0 spiro atoms. The Hall–Kier alpha value is -2.70. The second-order valence-electron chi connectivity index (χ2n) is 6.41. The van der Waals surface area contributed by atoms with Crippen molar-refractivity contribution in [2.24, 2.45) is 7.05 Å². The van der Waals surface area contributed by atoms with Crippen LogP contribution >= 0.6 is 0 Å². The van der Waals surface area contributed by atoms with E-state index in [9.17, 15) is 9.18 Å². The lowest BCUT2D eigenvalue weighted by atomic mass is 9.96. The molecule has 0 bridgehead atoms. The maximum absolute atomic E-state index is 14.2. The van der Waals surface area contributed by atoms with Crippen LogP contribution in [0.2, 0.25) is 0 Å². The van der Waals surface area contributed by atoms with E-state index < -0.39 is 5.97 Å². The van der Waals surface area contributed by atoms with Crippen molar-refractivity contribution >= 4 is 17.4 Å². The minimum absolute atomic E-state index is 0.304. The number of carbonyl (C=O) groups excluding carboxylic acids is 1. The number of nitrogens with zero attached hydrogens (tertiary/aromatic N) is 4. The Kier molecular flexibility index (Phi) is 5.06. The Morgan fingerprint density at radius 3 is 2.85 bits per heavy atom. The van der Waals surface area contributed by atoms with Crippen molar-refractivity contribution in [3.8, 4) is 0 Å². The summed E-state index contributed by atoms with van der Waals surface area (Å²) in [5.41, 5.74) is 4.24. The van der Waals surface area contributed by atoms with Crippen LogP contribution in [0.15, 0.2) is 23.9 Å². The summed E-state index contributed by atoms with van der Waals surface area (Å²) in [7, 11) is 1.81. The number of anilines is 1. The number of esters is 1. The van der Waals surface area contributed by atoms with Crippen molar-refractivity contribution < 1.29 is 13.9 Å². The molecule has 1 aliphatic heterocycles. The van der Waals surface area contributed by atoms with Crippen molar-refractivity contribution in [1.82, 2.24) is 14.8 Å². The molecule has 0 atom stereocenters. The maximum Gasteiger partial charge on any atom is 0.359 e. The van der Waals surface area contributed by atoms with Crippen molar-refractivity contribution in [2.75, 3.05) is 24.6 Å². The molecule has 2 aromatic heterocycles. The van der Waals surface area contributed by atoms with E-state index in [2.05, 4.69) is 17.0 Å². The molecule has 0 amide bonds. The second kappa shape index (κ2) is 7.27. The number of pyridine rings is 1. The van der Waals surface area contributed by atoms with Gasteiger partial charge in [-0.15, -0.1) is 0 Å². The summed E-state index contributed by atoms with van der Waals surface area (Å²) in [6, 6.07) is 3.00. The monoisotopic (exact) mass is 358 g/mol. The molecule has 26 heavy (non-hydrogen) atoms. The first-order chi connectivity index (χ1) is 12.4. The molecule has 0 aliphatic carbocycles. The summed E-state index contributed by atoms with van der Waals surface area (Å²) in [5, 5.41) is 4.35. The maximum atomic E-state index is 14.2. The van der Waals surface area contributed by atoms with Gasteiger partial charge in [0.05, 0.1) is 12.3 Å². The molecule has 0 saturated carbocycles. The van der Waals surface area contributed by atoms with Gasteiger partial charge in [0.2, 0.25) is 0 Å². The lowest BCUT2D eigenvalue weighted by Gasteiger charge is -2.31. The summed E-state index contributed by atoms with van der Waals surface area (Å²) in [4.78, 5) is 18.3. The number of ether oxygens (including phenoxy) is 1. The molecule has 2 aromatic rings. The summed E-state index contributed by atoms with van der Waals surface area (Å²) in [5.74, 6) is -0.406. The van der Waals surface area contributed by atoms with E-state index in [1.165, 1.54) is 11.6 Å². The normalized spacial score (nSPS) is 14.7. The average molecular weight is 358 g/mol. The van der Waals surface area contributed by atoms with Gasteiger partial charge in [-0.05, 0) is 44.9 Å². The molecule has 0 saturated heterocycles. The van der Waals surface area contributed by atoms with Crippen LogP contribution < -0.4 is 4.90 Å². The van der Waals surface area contributed by atoms with Gasteiger partial charge in [-0.3, -0.25) is 4.68 Å². The smallest absolute Gasteiger partial charge is 0.359 e. The Labute approximate surface area is 152 Å². The SMILES string of the molecule is CCOC(=O)c1nn(C)c(C2=C(C)CCN(c3ncccc3F)C2)c1C. The first-order valence-corrected chi connectivity index (χ1v) is 8.69. The molecule has 0 aromatic carbocycles. The molecular formula is C19H23FN4O2. The van der Waals surface area contributed by atoms with E-state index in [0.29, 0.717) is 31.2 Å². The van der Waals surface area contributed by atoms with Crippen LogP contribution in [0.4, 0.5) is 10.2 Å². The topological polar surface area (TPSA) is 60.2 Å². The molecule has 0 fully saturated rings. The first-order valence-electron chi connectivity index (χ1n) is 8.69. The van der Waals surface area contributed by atoms with Gasteiger partial charge < -0.3 is 9.64 Å². The van der Waals surface area contributed by atoms with E-state index >= 15 is 0 Å². The van der Waals surface area contributed by atoms with Gasteiger partial charge in [-0.1, -0.05) is 5.57 Å². The van der Waals surface area contributed by atoms with E-state index in [1.54, 1.807) is 23.9 Å². The largest absolute Gasteiger partial charge is 0.461 e. The molecule has 0 unspecified atom stereocenters. The zero-order valence-corrected chi connectivity index (χ0v) is 15.5. The molecule has 0 radical (unpaired) electrons. The lowest BCUT2D eigenvalue weighted by molar-refractivity contribution is 0.0517. The van der Waals surface area contributed by atoms with Gasteiger partial charge in [0.1, 0.15) is 0 Å². The fourth-order valence-electron chi connectivity index (χ4n) is 3.37. The highest BCUT2D eigenvalue weighted by Gasteiger charge is 2.27. The average Bonchev–Trinajstić information content (AvgIpc) is 2.91. The van der Waals surface area contributed by atoms with Crippen molar-refractivity contribution in [1.29, 1.82) is 0 Å². The van der Waals surface area contributed by atoms with E-state index in [0.717, 1.165) is 23.3 Å².